The zero-order valence-corrected chi connectivity index (χ0v) is 86.4. The van der Waals surface area contributed by atoms with E-state index in [1.165, 1.54) is 193 Å². The zero-order chi connectivity index (χ0) is 97.0. The molecule has 1 aliphatic rings. The predicted molar refractivity (Wildman–Crippen MR) is 624 cm³/mol. The van der Waals surface area contributed by atoms with Crippen molar-refractivity contribution in [2.75, 3.05) is 0 Å². The first-order valence-corrected chi connectivity index (χ1v) is 52.2. The third-order valence-electron chi connectivity index (χ3n) is 27.9. The molecule has 0 spiro atoms. The van der Waals surface area contributed by atoms with Crippen LogP contribution in [-0.4, -0.2) is 28.2 Å². The van der Waals surface area contributed by atoms with E-state index in [9.17, 15) is 0 Å². The second-order valence-corrected chi connectivity index (χ2v) is 41.6. The Hall–Kier alpha value is -15.7. The van der Waals surface area contributed by atoms with Gasteiger partial charge in [0.2, 0.25) is 0 Å². The van der Waals surface area contributed by atoms with Crippen molar-refractivity contribution in [3.8, 4) is 135 Å². The Morgan fingerprint density at radius 2 is 0.451 bits per heavy atom. The molecule has 0 unspecified atom stereocenters. The second-order valence-electron chi connectivity index (χ2n) is 37.0. The summed E-state index contributed by atoms with van der Waals surface area (Å²) in [5.74, 6) is 0.707. The minimum atomic E-state index is -0.0189. The standard InChI is InChI=1S/C40H26BrN3.C39H28BrN.C30H20BrN.C24H15Br2N/c41-32-20-15-27(16-21-32)31-19-24-39-35(25-31)34-13-7-8-14-38(34)44(39)33-22-17-30(18-23-33)40-42-36(28-9-3-1-4-10-28)26-37(43-40)29-11-5-2-6-12-29;1-39(2)35-11-7-6-10-31(35)32-19-14-28(24-36(32)39)27-16-21-38-34(23-27)33-22-26(25-12-17-29(40)18-13-25)15-20-37(33)41(38)30-8-4-3-5-9-30;31-25-18-23(21-9-3-1-4-10-21)17-24(19-25)22-15-16-28-27-13-7-8-14-29(27)32(30(28)20-22)26-11-5-2-6-12-26;25-18-12-17(13-19(26)15-18)16-10-11-22-21-8-4-5-9-23(21)27(24(22)14-16)20-6-2-1-3-7-20/h1-26H;3-24H,1-2H3;1-20H;1-15H. The Balaban J connectivity index is 0.000000105. The van der Waals surface area contributed by atoms with Crippen LogP contribution in [0, 0.1) is 0 Å². The minimum Gasteiger partial charge on any atom is -0.309 e. The molecule has 0 atom stereocenters. The van der Waals surface area contributed by atoms with Crippen molar-refractivity contribution in [2.45, 2.75) is 19.3 Å². The van der Waals surface area contributed by atoms with Gasteiger partial charge >= 0.3 is 0 Å². The van der Waals surface area contributed by atoms with E-state index in [4.69, 9.17) is 9.97 Å². The number of hydrogen-bond donors (Lipinski definition) is 0. The van der Waals surface area contributed by atoms with Crippen molar-refractivity contribution < 1.29 is 0 Å². The fourth-order valence-electron chi connectivity index (χ4n) is 21.0. The number of hydrogen-bond acceptors (Lipinski definition) is 2. The quantitative estimate of drug-likeness (QED) is 0.115. The number of benzene rings is 21. The lowest BCUT2D eigenvalue weighted by atomic mass is 9.81. The van der Waals surface area contributed by atoms with Crippen molar-refractivity contribution in [3.05, 3.63) is 537 Å². The molecule has 686 valence electrons. The first-order valence-electron chi connectivity index (χ1n) is 48.2. The maximum absolute atomic E-state index is 5.01. The number of para-hydroxylation sites is 6. The minimum absolute atomic E-state index is 0.0189. The molecule has 1 aliphatic carbocycles. The number of fused-ring (bicyclic) bond motifs is 15. The fourth-order valence-corrected chi connectivity index (χ4v) is 23.3. The van der Waals surface area contributed by atoms with Gasteiger partial charge in [-0.15, -0.1) is 0 Å². The monoisotopic (exact) mass is 2160 g/mol. The van der Waals surface area contributed by atoms with Gasteiger partial charge in [0, 0.05) is 110 Å². The van der Waals surface area contributed by atoms with Gasteiger partial charge in [0.15, 0.2) is 5.82 Å². The van der Waals surface area contributed by atoms with Crippen LogP contribution in [0.5, 0.6) is 0 Å². The van der Waals surface area contributed by atoms with E-state index in [1.807, 2.05) is 36.4 Å². The lowest BCUT2D eigenvalue weighted by molar-refractivity contribution is 0.660. The molecule has 0 N–H and O–H groups in total. The van der Waals surface area contributed by atoms with Crippen molar-refractivity contribution in [1.29, 1.82) is 0 Å². The molecule has 0 fully saturated rings. The van der Waals surface area contributed by atoms with Crippen LogP contribution in [0.25, 0.3) is 222 Å². The Kier molecular flexibility index (Phi) is 24.6. The molecule has 0 radical (unpaired) electrons. The summed E-state index contributed by atoms with van der Waals surface area (Å²) >= 11 is 18.1. The first-order chi connectivity index (χ1) is 70.7. The van der Waals surface area contributed by atoms with E-state index < -0.39 is 0 Å². The van der Waals surface area contributed by atoms with Gasteiger partial charge in [-0.2, -0.15) is 0 Å². The molecule has 0 bridgehead atoms. The molecule has 6 nitrogen and oxygen atoms in total. The zero-order valence-electron chi connectivity index (χ0n) is 78.5. The molecule has 11 heteroatoms. The molecule has 0 saturated heterocycles. The number of rotatable bonds is 13. The summed E-state index contributed by atoms with van der Waals surface area (Å²) in [5, 5.41) is 10.1. The second kappa shape index (κ2) is 39.0. The van der Waals surface area contributed by atoms with Gasteiger partial charge < -0.3 is 18.3 Å². The molecule has 26 aromatic rings. The highest BCUT2D eigenvalue weighted by Crippen LogP contribution is 2.51. The SMILES string of the molecule is Brc1cc(-c2ccccc2)cc(-c2ccc3c4ccccc4n(-c4ccccc4)c3c2)c1.Brc1cc(Br)cc(-c2ccc3c4ccccc4n(-c4ccccc4)c3c2)c1.Brc1ccc(-c2ccc3c(c2)c2ccccc2n3-c2ccc(-c3nc(-c4ccccc4)cc(-c4ccccc4)n3)cc2)cc1.CC1(C)c2ccccc2-c2ccc(-c3ccc4c(c3)c3cc(-c5ccc(Br)cc5)ccc3n4-c3ccccc3)cc21. The Morgan fingerprint density at radius 1 is 0.167 bits per heavy atom. The van der Waals surface area contributed by atoms with Crippen LogP contribution >= 0.6 is 79.6 Å². The molecule has 0 amide bonds. The normalized spacial score (nSPS) is 11.9. The highest BCUT2D eigenvalue weighted by molar-refractivity contribution is 9.11. The first kappa shape index (κ1) is 90.8. The summed E-state index contributed by atoms with van der Waals surface area (Å²) in [5.41, 5.74) is 39.3. The van der Waals surface area contributed by atoms with Crippen molar-refractivity contribution in [2.24, 2.45) is 0 Å². The summed E-state index contributed by atoms with van der Waals surface area (Å²) in [4.78, 5) is 10.0. The summed E-state index contributed by atoms with van der Waals surface area (Å²) in [6.45, 7) is 4.70. The van der Waals surface area contributed by atoms with Gasteiger partial charge in [0.1, 0.15) is 0 Å². The largest absolute Gasteiger partial charge is 0.309 e. The molecule has 21 aromatic carbocycles. The summed E-state index contributed by atoms with van der Waals surface area (Å²) in [6, 6.07) is 180. The average molecular weight is 2170 g/mol. The van der Waals surface area contributed by atoms with Gasteiger partial charge in [-0.3, -0.25) is 0 Å². The van der Waals surface area contributed by atoms with Crippen LogP contribution in [0.4, 0.5) is 0 Å². The Bertz CT molecular complexity index is 9290. The third-order valence-corrected chi connectivity index (χ3v) is 30.3. The lowest BCUT2D eigenvalue weighted by Crippen LogP contribution is -2.14. The molecule has 5 aromatic heterocycles. The number of aromatic nitrogens is 6. The molecular formula is C133H89Br5N6. The van der Waals surface area contributed by atoms with Gasteiger partial charge in [0.05, 0.1) is 55.5 Å². The van der Waals surface area contributed by atoms with E-state index >= 15 is 0 Å². The molecule has 0 aliphatic heterocycles. The molecule has 5 heterocycles. The predicted octanol–water partition coefficient (Wildman–Crippen LogP) is 39.0. The van der Waals surface area contributed by atoms with E-state index in [0.717, 1.165) is 56.1 Å². The third kappa shape index (κ3) is 17.5. The van der Waals surface area contributed by atoms with E-state index in [2.05, 4.69) is 579 Å². The highest BCUT2D eigenvalue weighted by atomic mass is 79.9. The highest BCUT2D eigenvalue weighted by Gasteiger charge is 2.36. The molecule has 144 heavy (non-hydrogen) atoms. The van der Waals surface area contributed by atoms with E-state index in [1.54, 1.807) is 0 Å². The Morgan fingerprint density at radius 3 is 0.903 bits per heavy atom. The van der Waals surface area contributed by atoms with Gasteiger partial charge in [-0.1, -0.05) is 397 Å². The van der Waals surface area contributed by atoms with Crippen molar-refractivity contribution in [3.63, 3.8) is 0 Å². The van der Waals surface area contributed by atoms with Gasteiger partial charge in [-0.25, -0.2) is 9.97 Å². The summed E-state index contributed by atoms with van der Waals surface area (Å²) in [7, 11) is 0. The van der Waals surface area contributed by atoms with Crippen molar-refractivity contribution >= 4 is 167 Å². The topological polar surface area (TPSA) is 45.5 Å². The number of halogens is 5. The van der Waals surface area contributed by atoms with Crippen LogP contribution in [0.3, 0.4) is 0 Å². The van der Waals surface area contributed by atoms with Crippen LogP contribution in [-0.2, 0) is 5.41 Å². The van der Waals surface area contributed by atoms with Crippen LogP contribution in [0.15, 0.2) is 526 Å². The van der Waals surface area contributed by atoms with Gasteiger partial charge in [0.25, 0.3) is 0 Å². The van der Waals surface area contributed by atoms with Crippen LogP contribution in [0.2, 0.25) is 0 Å². The maximum Gasteiger partial charge on any atom is 0.160 e. The van der Waals surface area contributed by atoms with E-state index in [-0.39, 0.29) is 5.41 Å². The van der Waals surface area contributed by atoms with Crippen molar-refractivity contribution in [1.82, 2.24) is 28.2 Å². The summed E-state index contributed by atoms with van der Waals surface area (Å²) in [6.07, 6.45) is 0. The van der Waals surface area contributed by atoms with E-state index in [0.29, 0.717) is 5.82 Å². The Labute approximate surface area is 877 Å². The van der Waals surface area contributed by atoms with Gasteiger partial charge in [-0.05, 0) is 289 Å². The van der Waals surface area contributed by atoms with Crippen LogP contribution < -0.4 is 0 Å². The number of nitrogens with zero attached hydrogens (tertiary/aromatic N) is 6. The summed E-state index contributed by atoms with van der Waals surface area (Å²) < 4.78 is 14.8. The molecular weight excluding hydrogens is 2080 g/mol. The fraction of sp³-hybridized carbons (Fsp3) is 0.0226. The molecule has 27 rings (SSSR count). The van der Waals surface area contributed by atoms with Crippen LogP contribution in [0.1, 0.15) is 25.0 Å². The molecule has 0 saturated carbocycles. The average Bonchev–Trinajstić information content (AvgIpc) is 1.59. The lowest BCUT2D eigenvalue weighted by Gasteiger charge is -2.22. The maximum atomic E-state index is 5.01. The smallest absolute Gasteiger partial charge is 0.160 e.